The molecule has 1 aromatic carbocycles. The summed E-state index contributed by atoms with van der Waals surface area (Å²) >= 11 is 3.37. The summed E-state index contributed by atoms with van der Waals surface area (Å²) in [6.07, 6.45) is 1.78. The average molecular weight is 306 g/mol. The Morgan fingerprint density at radius 1 is 1.44 bits per heavy atom. The van der Waals surface area contributed by atoms with Gasteiger partial charge in [0, 0.05) is 16.8 Å². The molecule has 5 heteroatoms. The second kappa shape index (κ2) is 5.29. The van der Waals surface area contributed by atoms with Gasteiger partial charge in [-0.1, -0.05) is 28.1 Å². The Kier molecular flexibility index (Phi) is 4.52. The summed E-state index contributed by atoms with van der Waals surface area (Å²) in [4.78, 5) is 0. The minimum atomic E-state index is -3.07. The summed E-state index contributed by atoms with van der Waals surface area (Å²) in [5.74, 6) is 0. The van der Waals surface area contributed by atoms with E-state index >= 15 is 0 Å². The number of halogens is 1. The fraction of sp³-hybridized carbons (Fsp3) is 0.455. The molecule has 3 nitrogen and oxygen atoms in total. The number of nitrogens with two attached hydrogens (primary N) is 1. The van der Waals surface area contributed by atoms with Crippen LogP contribution in [0.1, 0.15) is 12.5 Å². The van der Waals surface area contributed by atoms with E-state index in [2.05, 4.69) is 15.9 Å². The van der Waals surface area contributed by atoms with Gasteiger partial charge in [0.25, 0.3) is 0 Å². The van der Waals surface area contributed by atoms with Crippen molar-refractivity contribution in [1.82, 2.24) is 0 Å². The van der Waals surface area contributed by atoms with Crippen molar-refractivity contribution in [3.8, 4) is 0 Å². The molecule has 0 amide bonds. The molecule has 2 atom stereocenters. The Balaban J connectivity index is 2.75. The molecule has 2 N–H and O–H groups in total. The maximum absolute atomic E-state index is 11.3. The maximum Gasteiger partial charge on any atom is 0.151 e. The average Bonchev–Trinajstić information content (AvgIpc) is 2.15. The summed E-state index contributed by atoms with van der Waals surface area (Å²) in [6.45, 7) is 1.65. The highest BCUT2D eigenvalue weighted by molar-refractivity contribution is 9.10. The molecule has 0 saturated heterocycles. The molecular weight excluding hydrogens is 290 g/mol. The van der Waals surface area contributed by atoms with Crippen molar-refractivity contribution in [3.63, 3.8) is 0 Å². The summed E-state index contributed by atoms with van der Waals surface area (Å²) in [5, 5.41) is -0.522. The Labute approximate surface area is 105 Å². The van der Waals surface area contributed by atoms with E-state index in [4.69, 9.17) is 5.73 Å². The molecule has 0 bridgehead atoms. The normalized spacial score (nSPS) is 15.8. The van der Waals surface area contributed by atoms with Gasteiger partial charge in [0.2, 0.25) is 0 Å². The van der Waals surface area contributed by atoms with Gasteiger partial charge in [-0.2, -0.15) is 0 Å². The van der Waals surface area contributed by atoms with Crippen molar-refractivity contribution in [2.24, 2.45) is 5.73 Å². The molecule has 0 aromatic heterocycles. The van der Waals surface area contributed by atoms with Crippen molar-refractivity contribution in [3.05, 3.63) is 34.3 Å². The Bertz CT molecular complexity index is 459. The van der Waals surface area contributed by atoms with E-state index in [0.717, 1.165) is 10.0 Å². The zero-order valence-corrected chi connectivity index (χ0v) is 11.8. The van der Waals surface area contributed by atoms with Crippen LogP contribution in [0.15, 0.2) is 28.7 Å². The third-order valence-electron chi connectivity index (χ3n) is 2.64. The largest absolute Gasteiger partial charge is 0.326 e. The summed E-state index contributed by atoms with van der Waals surface area (Å²) in [6, 6.07) is 7.37. The zero-order valence-electron chi connectivity index (χ0n) is 9.35. The highest BCUT2D eigenvalue weighted by Crippen LogP contribution is 2.15. The molecule has 0 radical (unpaired) electrons. The highest BCUT2D eigenvalue weighted by Gasteiger charge is 2.22. The van der Waals surface area contributed by atoms with Gasteiger partial charge in [-0.05, 0) is 31.0 Å². The number of hydrogen-bond acceptors (Lipinski definition) is 3. The van der Waals surface area contributed by atoms with Crippen LogP contribution in [0.4, 0.5) is 0 Å². The molecule has 0 aliphatic heterocycles. The van der Waals surface area contributed by atoms with Crippen LogP contribution in [0.3, 0.4) is 0 Å². The van der Waals surface area contributed by atoms with Crippen LogP contribution in [-0.4, -0.2) is 26.0 Å². The number of sulfone groups is 1. The van der Waals surface area contributed by atoms with Gasteiger partial charge in [-0.3, -0.25) is 0 Å². The molecule has 0 saturated carbocycles. The standard InChI is InChI=1S/C11H16BrNO2S/c1-8(16(2,14)15)11(13)7-9-4-3-5-10(12)6-9/h3-6,8,11H,7,13H2,1-2H3. The lowest BCUT2D eigenvalue weighted by Crippen LogP contribution is -2.39. The van der Waals surface area contributed by atoms with Crippen LogP contribution in [0.5, 0.6) is 0 Å². The van der Waals surface area contributed by atoms with E-state index in [1.54, 1.807) is 6.92 Å². The third kappa shape index (κ3) is 3.88. The van der Waals surface area contributed by atoms with Crippen LogP contribution >= 0.6 is 15.9 Å². The van der Waals surface area contributed by atoms with Gasteiger partial charge < -0.3 is 5.73 Å². The lowest BCUT2D eigenvalue weighted by Gasteiger charge is -2.18. The van der Waals surface area contributed by atoms with Gasteiger partial charge >= 0.3 is 0 Å². The van der Waals surface area contributed by atoms with Crippen molar-refractivity contribution in [1.29, 1.82) is 0 Å². The molecule has 1 rings (SSSR count). The van der Waals surface area contributed by atoms with Gasteiger partial charge in [0.1, 0.15) is 0 Å². The van der Waals surface area contributed by atoms with E-state index in [-0.39, 0.29) is 6.04 Å². The number of hydrogen-bond donors (Lipinski definition) is 1. The van der Waals surface area contributed by atoms with Crippen LogP contribution in [-0.2, 0) is 16.3 Å². The van der Waals surface area contributed by atoms with E-state index in [1.807, 2.05) is 24.3 Å². The number of benzene rings is 1. The van der Waals surface area contributed by atoms with Gasteiger partial charge in [-0.25, -0.2) is 8.42 Å². The monoisotopic (exact) mass is 305 g/mol. The first-order valence-electron chi connectivity index (χ1n) is 4.99. The smallest absolute Gasteiger partial charge is 0.151 e. The fourth-order valence-corrected chi connectivity index (χ4v) is 2.60. The van der Waals surface area contributed by atoms with Gasteiger partial charge in [-0.15, -0.1) is 0 Å². The molecule has 2 unspecified atom stereocenters. The van der Waals surface area contributed by atoms with E-state index < -0.39 is 15.1 Å². The van der Waals surface area contributed by atoms with Gasteiger partial charge in [0.15, 0.2) is 9.84 Å². The first-order chi connectivity index (χ1) is 7.30. The zero-order chi connectivity index (χ0) is 12.3. The van der Waals surface area contributed by atoms with Crippen LogP contribution < -0.4 is 5.73 Å². The maximum atomic E-state index is 11.3. The molecule has 0 fully saturated rings. The molecule has 0 aliphatic carbocycles. The van der Waals surface area contributed by atoms with Crippen molar-refractivity contribution in [2.75, 3.05) is 6.26 Å². The van der Waals surface area contributed by atoms with Crippen LogP contribution in [0.2, 0.25) is 0 Å². The topological polar surface area (TPSA) is 60.2 Å². The lowest BCUT2D eigenvalue weighted by atomic mass is 10.0. The summed E-state index contributed by atoms with van der Waals surface area (Å²) < 4.78 is 23.7. The minimum Gasteiger partial charge on any atom is -0.326 e. The van der Waals surface area contributed by atoms with Crippen molar-refractivity contribution < 1.29 is 8.42 Å². The minimum absolute atomic E-state index is 0.371. The molecular formula is C11H16BrNO2S. The molecule has 1 aromatic rings. The lowest BCUT2D eigenvalue weighted by molar-refractivity contribution is 0.562. The first-order valence-corrected chi connectivity index (χ1v) is 7.74. The molecule has 16 heavy (non-hydrogen) atoms. The quantitative estimate of drug-likeness (QED) is 0.922. The summed E-state index contributed by atoms with van der Waals surface area (Å²) in [7, 11) is -3.07. The van der Waals surface area contributed by atoms with Crippen molar-refractivity contribution >= 4 is 25.8 Å². The highest BCUT2D eigenvalue weighted by atomic mass is 79.9. The Morgan fingerprint density at radius 3 is 2.56 bits per heavy atom. The van der Waals surface area contributed by atoms with Crippen LogP contribution in [0, 0.1) is 0 Å². The molecule has 0 aliphatic rings. The SMILES string of the molecule is CC(C(N)Cc1cccc(Br)c1)S(C)(=O)=O. The predicted molar refractivity (Wildman–Crippen MR) is 70.1 cm³/mol. The third-order valence-corrected chi connectivity index (χ3v) is 4.83. The number of rotatable bonds is 4. The van der Waals surface area contributed by atoms with E-state index in [1.165, 1.54) is 6.26 Å². The van der Waals surface area contributed by atoms with Crippen molar-refractivity contribution in [2.45, 2.75) is 24.6 Å². The molecule has 0 heterocycles. The molecule has 0 spiro atoms. The Morgan fingerprint density at radius 2 is 2.06 bits per heavy atom. The second-order valence-corrected chi connectivity index (χ2v) is 7.35. The second-order valence-electron chi connectivity index (χ2n) is 4.03. The van der Waals surface area contributed by atoms with E-state index in [0.29, 0.717) is 6.42 Å². The molecule has 90 valence electrons. The van der Waals surface area contributed by atoms with Crippen LogP contribution in [0.25, 0.3) is 0 Å². The first kappa shape index (κ1) is 13.7. The Hall–Kier alpha value is -0.390. The summed E-state index contributed by atoms with van der Waals surface area (Å²) in [5.41, 5.74) is 6.93. The predicted octanol–water partition coefficient (Wildman–Crippen LogP) is 1.75. The van der Waals surface area contributed by atoms with Gasteiger partial charge in [0.05, 0.1) is 5.25 Å². The van der Waals surface area contributed by atoms with E-state index in [9.17, 15) is 8.42 Å². The fourth-order valence-electron chi connectivity index (χ4n) is 1.42.